The number of fused-ring (bicyclic) bond motifs is 2. The Labute approximate surface area is 192 Å². The highest BCUT2D eigenvalue weighted by Crippen LogP contribution is 2.43. The zero-order chi connectivity index (χ0) is 20.4. The summed E-state index contributed by atoms with van der Waals surface area (Å²) >= 11 is 12.4. The molecule has 2 aromatic carbocycles. The molecule has 1 N–H and O–H groups in total. The SMILES string of the molecule is Cl.O=C(O)CCN1CCOC2(CCc3cc(OCc4c(Cl)cccc4Cl)ccc32)C1. The number of halogens is 3. The second-order valence-electron chi connectivity index (χ2n) is 7.57. The van der Waals surface area contributed by atoms with Crippen LogP contribution in [0.2, 0.25) is 10.0 Å². The maximum atomic E-state index is 10.9. The molecule has 0 amide bonds. The lowest BCUT2D eigenvalue weighted by molar-refractivity contribution is -0.140. The fraction of sp³-hybridized carbons (Fsp3) is 0.409. The van der Waals surface area contributed by atoms with Crippen LogP contribution in [0.15, 0.2) is 36.4 Å². The topological polar surface area (TPSA) is 59.0 Å². The Morgan fingerprint density at radius 3 is 2.73 bits per heavy atom. The summed E-state index contributed by atoms with van der Waals surface area (Å²) in [7, 11) is 0. The summed E-state index contributed by atoms with van der Waals surface area (Å²) in [6, 6.07) is 11.5. The molecule has 1 atom stereocenters. The van der Waals surface area contributed by atoms with Gasteiger partial charge in [-0.15, -0.1) is 12.4 Å². The van der Waals surface area contributed by atoms with Crippen LogP contribution in [-0.4, -0.2) is 42.2 Å². The molecule has 1 heterocycles. The lowest BCUT2D eigenvalue weighted by Crippen LogP contribution is -2.49. The molecule has 0 radical (unpaired) electrons. The van der Waals surface area contributed by atoms with Crippen molar-refractivity contribution in [2.24, 2.45) is 0 Å². The molecule has 0 aromatic heterocycles. The summed E-state index contributed by atoms with van der Waals surface area (Å²) < 4.78 is 12.2. The fourth-order valence-corrected chi connectivity index (χ4v) is 4.73. The van der Waals surface area contributed by atoms with Crippen LogP contribution in [-0.2, 0) is 28.2 Å². The number of nitrogens with zero attached hydrogens (tertiary/aromatic N) is 1. The van der Waals surface area contributed by atoms with Crippen LogP contribution >= 0.6 is 35.6 Å². The first kappa shape index (κ1) is 23.2. The van der Waals surface area contributed by atoms with Gasteiger partial charge in [-0.1, -0.05) is 35.3 Å². The number of benzene rings is 2. The first-order valence-corrected chi connectivity index (χ1v) is 10.5. The van der Waals surface area contributed by atoms with E-state index in [1.54, 1.807) is 12.1 Å². The molecule has 1 saturated heterocycles. The molecule has 4 rings (SSSR count). The van der Waals surface area contributed by atoms with Gasteiger partial charge in [0, 0.05) is 35.2 Å². The summed E-state index contributed by atoms with van der Waals surface area (Å²) in [5.41, 5.74) is 2.82. The Hall–Kier alpha value is -1.50. The van der Waals surface area contributed by atoms with Gasteiger partial charge in [0.05, 0.1) is 13.0 Å². The van der Waals surface area contributed by atoms with Crippen LogP contribution in [0.5, 0.6) is 5.75 Å². The van der Waals surface area contributed by atoms with Crippen LogP contribution in [0.25, 0.3) is 0 Å². The lowest BCUT2D eigenvalue weighted by Gasteiger charge is -2.41. The smallest absolute Gasteiger partial charge is 0.304 e. The third-order valence-electron chi connectivity index (χ3n) is 5.72. The van der Waals surface area contributed by atoms with Crippen molar-refractivity contribution in [1.29, 1.82) is 0 Å². The number of carboxylic acids is 1. The normalized spacial score (nSPS) is 20.6. The average Bonchev–Trinajstić information content (AvgIpc) is 3.03. The van der Waals surface area contributed by atoms with Crippen molar-refractivity contribution in [2.75, 3.05) is 26.2 Å². The Balaban J connectivity index is 0.00000256. The molecular weight excluding hydrogens is 449 g/mol. The molecule has 2 aliphatic rings. The molecule has 1 aliphatic carbocycles. The van der Waals surface area contributed by atoms with Crippen LogP contribution in [0.3, 0.4) is 0 Å². The molecule has 5 nitrogen and oxygen atoms in total. The molecule has 8 heteroatoms. The first-order chi connectivity index (χ1) is 14.0. The van der Waals surface area contributed by atoms with Gasteiger partial charge in [-0.05, 0) is 48.2 Å². The number of morpholine rings is 1. The molecule has 162 valence electrons. The standard InChI is InChI=1S/C22H23Cl2NO4.ClH/c23-19-2-1-3-20(24)17(19)13-28-16-4-5-18-15(12-16)6-8-22(18)14-25(10-11-29-22)9-7-21(26)27;/h1-5,12H,6-11,13-14H2,(H,26,27);1H. The van der Waals surface area contributed by atoms with E-state index >= 15 is 0 Å². The highest BCUT2D eigenvalue weighted by atomic mass is 35.5. The molecular formula is C22H24Cl3NO4. The van der Waals surface area contributed by atoms with Gasteiger partial charge >= 0.3 is 5.97 Å². The number of carboxylic acid groups (broad SMARTS) is 1. The maximum absolute atomic E-state index is 10.9. The van der Waals surface area contributed by atoms with E-state index in [9.17, 15) is 4.79 Å². The van der Waals surface area contributed by atoms with Crippen molar-refractivity contribution in [3.05, 3.63) is 63.1 Å². The molecule has 30 heavy (non-hydrogen) atoms. The highest BCUT2D eigenvalue weighted by molar-refractivity contribution is 6.35. The van der Waals surface area contributed by atoms with Gasteiger partial charge in [-0.2, -0.15) is 0 Å². The van der Waals surface area contributed by atoms with Gasteiger partial charge in [0.25, 0.3) is 0 Å². The zero-order valence-corrected chi connectivity index (χ0v) is 18.7. The van der Waals surface area contributed by atoms with Crippen molar-refractivity contribution in [1.82, 2.24) is 4.90 Å². The van der Waals surface area contributed by atoms with Crippen LogP contribution in [0.4, 0.5) is 0 Å². The summed E-state index contributed by atoms with van der Waals surface area (Å²) in [6.45, 7) is 2.96. The van der Waals surface area contributed by atoms with E-state index in [0.717, 1.165) is 37.2 Å². The van der Waals surface area contributed by atoms with E-state index in [4.69, 9.17) is 37.8 Å². The monoisotopic (exact) mass is 471 g/mol. The third-order valence-corrected chi connectivity index (χ3v) is 6.43. The van der Waals surface area contributed by atoms with Crippen LogP contribution < -0.4 is 4.74 Å². The fourth-order valence-electron chi connectivity index (χ4n) is 4.22. The molecule has 1 unspecified atom stereocenters. The third kappa shape index (κ3) is 4.87. The summed E-state index contributed by atoms with van der Waals surface area (Å²) in [6.07, 6.45) is 1.96. The van der Waals surface area contributed by atoms with Gasteiger partial charge in [-0.3, -0.25) is 9.69 Å². The summed E-state index contributed by atoms with van der Waals surface area (Å²) in [5, 5.41) is 10.2. The Kier molecular flexibility index (Phi) is 7.53. The molecule has 0 bridgehead atoms. The minimum absolute atomic E-state index is 0. The van der Waals surface area contributed by atoms with Gasteiger partial charge in [0.2, 0.25) is 0 Å². The Morgan fingerprint density at radius 2 is 2.00 bits per heavy atom. The number of rotatable bonds is 6. The molecule has 0 saturated carbocycles. The average molecular weight is 473 g/mol. The molecule has 2 aromatic rings. The second-order valence-corrected chi connectivity index (χ2v) is 8.38. The summed E-state index contributed by atoms with van der Waals surface area (Å²) in [5.74, 6) is 0.00751. The van der Waals surface area contributed by atoms with E-state index < -0.39 is 5.97 Å². The van der Waals surface area contributed by atoms with E-state index in [2.05, 4.69) is 17.0 Å². The van der Waals surface area contributed by atoms with E-state index in [0.29, 0.717) is 29.8 Å². The molecule has 1 fully saturated rings. The number of hydrogen-bond acceptors (Lipinski definition) is 4. The minimum Gasteiger partial charge on any atom is -0.489 e. The van der Waals surface area contributed by atoms with E-state index in [1.165, 1.54) is 11.1 Å². The predicted molar refractivity (Wildman–Crippen MR) is 119 cm³/mol. The van der Waals surface area contributed by atoms with Crippen molar-refractivity contribution in [3.8, 4) is 5.75 Å². The maximum Gasteiger partial charge on any atom is 0.304 e. The molecule has 1 aliphatic heterocycles. The van der Waals surface area contributed by atoms with Crippen LogP contribution in [0.1, 0.15) is 29.5 Å². The van der Waals surface area contributed by atoms with Gasteiger partial charge in [0.15, 0.2) is 0 Å². The lowest BCUT2D eigenvalue weighted by atomic mass is 9.93. The largest absolute Gasteiger partial charge is 0.489 e. The Morgan fingerprint density at radius 1 is 1.23 bits per heavy atom. The number of ether oxygens (including phenoxy) is 2. The number of aliphatic carboxylic acids is 1. The van der Waals surface area contributed by atoms with Gasteiger partial charge in [-0.25, -0.2) is 0 Å². The van der Waals surface area contributed by atoms with E-state index in [-0.39, 0.29) is 24.4 Å². The Bertz CT molecular complexity index is 903. The quantitative estimate of drug-likeness (QED) is 0.645. The van der Waals surface area contributed by atoms with Gasteiger partial charge in [0.1, 0.15) is 18.0 Å². The zero-order valence-electron chi connectivity index (χ0n) is 16.4. The van der Waals surface area contributed by atoms with E-state index in [1.807, 2.05) is 12.1 Å². The highest BCUT2D eigenvalue weighted by Gasteiger charge is 2.43. The van der Waals surface area contributed by atoms with Crippen molar-refractivity contribution in [2.45, 2.75) is 31.5 Å². The van der Waals surface area contributed by atoms with Crippen molar-refractivity contribution < 1.29 is 19.4 Å². The van der Waals surface area contributed by atoms with Crippen LogP contribution in [0, 0.1) is 0 Å². The minimum atomic E-state index is -0.766. The predicted octanol–water partition coefficient (Wildman–Crippen LogP) is 4.94. The number of aryl methyl sites for hydroxylation is 1. The second kappa shape index (κ2) is 9.75. The van der Waals surface area contributed by atoms with Crippen molar-refractivity contribution >= 4 is 41.6 Å². The number of carbonyl (C=O) groups is 1. The summed E-state index contributed by atoms with van der Waals surface area (Å²) in [4.78, 5) is 13.1. The van der Waals surface area contributed by atoms with Crippen molar-refractivity contribution in [3.63, 3.8) is 0 Å². The first-order valence-electron chi connectivity index (χ1n) is 9.74. The molecule has 1 spiro atoms. The van der Waals surface area contributed by atoms with Gasteiger partial charge < -0.3 is 14.6 Å². The number of hydrogen-bond donors (Lipinski definition) is 1.